The second-order valence-electron chi connectivity index (χ2n) is 4.57. The summed E-state index contributed by atoms with van der Waals surface area (Å²) in [4.78, 5) is 0. The molecule has 0 radical (unpaired) electrons. The highest BCUT2D eigenvalue weighted by Gasteiger charge is 2.33. The van der Waals surface area contributed by atoms with Gasteiger partial charge in [-0.2, -0.15) is 0 Å². The SMILES string of the molecule is CCOc1ccc(C(Cl)C2CCS(=O)(=O)C2)cc1. The largest absolute Gasteiger partial charge is 0.494 e. The van der Waals surface area contributed by atoms with Gasteiger partial charge in [-0.3, -0.25) is 0 Å². The van der Waals surface area contributed by atoms with Crippen molar-refractivity contribution in [2.24, 2.45) is 5.92 Å². The summed E-state index contributed by atoms with van der Waals surface area (Å²) in [6, 6.07) is 7.57. The molecule has 1 saturated heterocycles. The van der Waals surface area contributed by atoms with Gasteiger partial charge in [-0.25, -0.2) is 8.42 Å². The molecule has 0 spiro atoms. The van der Waals surface area contributed by atoms with Gasteiger partial charge in [0.1, 0.15) is 5.75 Å². The number of ether oxygens (including phenoxy) is 1. The number of halogens is 1. The van der Waals surface area contributed by atoms with Crippen molar-refractivity contribution in [3.63, 3.8) is 0 Å². The van der Waals surface area contributed by atoms with Crippen LogP contribution in [0.3, 0.4) is 0 Å². The Kier molecular flexibility index (Phi) is 4.17. The predicted octanol–water partition coefficient (Wildman–Crippen LogP) is 2.80. The standard InChI is InChI=1S/C13H17ClO3S/c1-2-17-12-5-3-10(4-6-12)13(14)11-7-8-18(15,16)9-11/h3-6,11,13H,2,7-9H2,1H3. The van der Waals surface area contributed by atoms with Crippen LogP contribution in [0.2, 0.25) is 0 Å². The van der Waals surface area contributed by atoms with Crippen LogP contribution in [0.5, 0.6) is 5.75 Å². The third-order valence-electron chi connectivity index (χ3n) is 3.19. The van der Waals surface area contributed by atoms with Crippen molar-refractivity contribution < 1.29 is 13.2 Å². The summed E-state index contributed by atoms with van der Waals surface area (Å²) in [5.74, 6) is 1.30. The lowest BCUT2D eigenvalue weighted by Crippen LogP contribution is -2.10. The zero-order valence-corrected chi connectivity index (χ0v) is 11.9. The van der Waals surface area contributed by atoms with E-state index in [1.807, 2.05) is 31.2 Å². The van der Waals surface area contributed by atoms with E-state index in [1.54, 1.807) is 0 Å². The first-order valence-electron chi connectivity index (χ1n) is 6.09. The lowest BCUT2D eigenvalue weighted by molar-refractivity contribution is 0.340. The first-order chi connectivity index (χ1) is 8.52. The molecule has 1 aliphatic rings. The second-order valence-corrected chi connectivity index (χ2v) is 7.27. The van der Waals surface area contributed by atoms with Gasteiger partial charge in [0, 0.05) is 0 Å². The van der Waals surface area contributed by atoms with Crippen molar-refractivity contribution in [1.82, 2.24) is 0 Å². The van der Waals surface area contributed by atoms with Crippen LogP contribution in [-0.4, -0.2) is 26.5 Å². The van der Waals surface area contributed by atoms with Crippen LogP contribution in [-0.2, 0) is 9.84 Å². The Hall–Kier alpha value is -0.740. The van der Waals surface area contributed by atoms with Crippen LogP contribution in [0.4, 0.5) is 0 Å². The minimum Gasteiger partial charge on any atom is -0.494 e. The molecule has 0 saturated carbocycles. The van der Waals surface area contributed by atoms with Crippen molar-refractivity contribution in [3.05, 3.63) is 29.8 Å². The average molecular weight is 289 g/mol. The maximum Gasteiger partial charge on any atom is 0.150 e. The molecular formula is C13H17ClO3S. The van der Waals surface area contributed by atoms with Gasteiger partial charge < -0.3 is 4.74 Å². The molecule has 0 amide bonds. The topological polar surface area (TPSA) is 43.4 Å². The maximum atomic E-state index is 11.4. The zero-order chi connectivity index (χ0) is 13.2. The van der Waals surface area contributed by atoms with Gasteiger partial charge >= 0.3 is 0 Å². The number of hydrogen-bond donors (Lipinski definition) is 0. The zero-order valence-electron chi connectivity index (χ0n) is 10.3. The molecule has 5 heteroatoms. The van der Waals surface area contributed by atoms with Gasteiger partial charge in [-0.15, -0.1) is 11.6 Å². The van der Waals surface area contributed by atoms with E-state index in [-0.39, 0.29) is 22.8 Å². The first kappa shape index (κ1) is 13.7. The predicted molar refractivity (Wildman–Crippen MR) is 73.0 cm³/mol. The molecule has 1 aromatic rings. The molecule has 0 bridgehead atoms. The van der Waals surface area contributed by atoms with Gasteiger partial charge in [-0.05, 0) is 37.0 Å². The lowest BCUT2D eigenvalue weighted by atomic mass is 9.98. The molecule has 2 unspecified atom stereocenters. The van der Waals surface area contributed by atoms with Crippen molar-refractivity contribution in [2.45, 2.75) is 18.7 Å². The third kappa shape index (κ3) is 3.18. The van der Waals surface area contributed by atoms with Crippen LogP contribution in [0, 0.1) is 5.92 Å². The second kappa shape index (κ2) is 5.49. The summed E-state index contributed by atoms with van der Waals surface area (Å²) in [5, 5.41) is -0.238. The molecule has 2 rings (SSSR count). The third-order valence-corrected chi connectivity index (χ3v) is 5.59. The Morgan fingerprint density at radius 2 is 2.06 bits per heavy atom. The van der Waals surface area contributed by atoms with Crippen LogP contribution in [0.25, 0.3) is 0 Å². The van der Waals surface area contributed by atoms with E-state index < -0.39 is 9.84 Å². The fourth-order valence-electron chi connectivity index (χ4n) is 2.24. The lowest BCUT2D eigenvalue weighted by Gasteiger charge is -2.16. The number of benzene rings is 1. The Balaban J connectivity index is 2.07. The first-order valence-corrected chi connectivity index (χ1v) is 8.35. The molecule has 18 heavy (non-hydrogen) atoms. The molecule has 3 nitrogen and oxygen atoms in total. The van der Waals surface area contributed by atoms with Crippen molar-refractivity contribution in [3.8, 4) is 5.75 Å². The van der Waals surface area contributed by atoms with E-state index in [2.05, 4.69) is 0 Å². The molecule has 0 N–H and O–H groups in total. The van der Waals surface area contributed by atoms with E-state index in [0.717, 1.165) is 11.3 Å². The van der Waals surface area contributed by atoms with E-state index >= 15 is 0 Å². The summed E-state index contributed by atoms with van der Waals surface area (Å²) >= 11 is 6.36. The van der Waals surface area contributed by atoms with E-state index in [0.29, 0.717) is 13.0 Å². The summed E-state index contributed by atoms with van der Waals surface area (Å²) < 4.78 is 28.2. The fraction of sp³-hybridized carbons (Fsp3) is 0.538. The van der Waals surface area contributed by atoms with Crippen molar-refractivity contribution in [2.75, 3.05) is 18.1 Å². The van der Waals surface area contributed by atoms with Crippen LogP contribution >= 0.6 is 11.6 Å². The number of sulfone groups is 1. The molecular weight excluding hydrogens is 272 g/mol. The average Bonchev–Trinajstić information content (AvgIpc) is 2.70. The van der Waals surface area contributed by atoms with Crippen molar-refractivity contribution in [1.29, 1.82) is 0 Å². The minimum absolute atomic E-state index is 0.0228. The van der Waals surface area contributed by atoms with Gasteiger partial charge in [0.05, 0.1) is 23.5 Å². The summed E-state index contributed by atoms with van der Waals surface area (Å²) in [6.07, 6.45) is 0.656. The smallest absolute Gasteiger partial charge is 0.150 e. The maximum absolute atomic E-state index is 11.4. The van der Waals surface area contributed by atoms with Gasteiger partial charge in [0.15, 0.2) is 9.84 Å². The highest BCUT2D eigenvalue weighted by molar-refractivity contribution is 7.91. The number of hydrogen-bond acceptors (Lipinski definition) is 3. The van der Waals surface area contributed by atoms with E-state index in [4.69, 9.17) is 16.3 Å². The Bertz CT molecular complexity index is 495. The van der Waals surface area contributed by atoms with Crippen LogP contribution < -0.4 is 4.74 Å². The van der Waals surface area contributed by atoms with Crippen molar-refractivity contribution >= 4 is 21.4 Å². The molecule has 2 atom stereocenters. The van der Waals surface area contributed by atoms with Crippen LogP contribution in [0.1, 0.15) is 24.3 Å². The Labute approximate surface area is 113 Å². The Morgan fingerprint density at radius 3 is 2.56 bits per heavy atom. The molecule has 1 fully saturated rings. The van der Waals surface area contributed by atoms with Crippen LogP contribution in [0.15, 0.2) is 24.3 Å². The monoisotopic (exact) mass is 288 g/mol. The molecule has 1 heterocycles. The van der Waals surface area contributed by atoms with Gasteiger partial charge in [0.25, 0.3) is 0 Å². The highest BCUT2D eigenvalue weighted by atomic mass is 35.5. The number of rotatable bonds is 4. The normalized spacial score (nSPS) is 23.8. The molecule has 1 aromatic carbocycles. The van der Waals surface area contributed by atoms with E-state index in [1.165, 1.54) is 0 Å². The molecule has 1 aliphatic heterocycles. The summed E-state index contributed by atoms with van der Waals surface area (Å²) in [5.41, 5.74) is 0.960. The highest BCUT2D eigenvalue weighted by Crippen LogP contribution is 2.36. The molecule has 0 aliphatic carbocycles. The minimum atomic E-state index is -2.87. The Morgan fingerprint density at radius 1 is 1.39 bits per heavy atom. The summed E-state index contributed by atoms with van der Waals surface area (Å²) in [7, 11) is -2.87. The molecule has 0 aromatic heterocycles. The van der Waals surface area contributed by atoms with Gasteiger partial charge in [0.2, 0.25) is 0 Å². The fourth-order valence-corrected chi connectivity index (χ4v) is 4.55. The summed E-state index contributed by atoms with van der Waals surface area (Å²) in [6.45, 7) is 2.56. The molecule has 100 valence electrons. The van der Waals surface area contributed by atoms with Gasteiger partial charge in [-0.1, -0.05) is 12.1 Å². The number of alkyl halides is 1. The quantitative estimate of drug-likeness (QED) is 0.800. The van der Waals surface area contributed by atoms with E-state index in [9.17, 15) is 8.42 Å².